The number of aromatic nitrogens is 1. The van der Waals surface area contributed by atoms with Gasteiger partial charge in [0.05, 0.1) is 22.4 Å². The van der Waals surface area contributed by atoms with Crippen LogP contribution < -0.4 is 10.3 Å². The maximum atomic E-state index is 13.6. The Morgan fingerprint density at radius 2 is 1.97 bits per heavy atom. The third kappa shape index (κ3) is 4.89. The van der Waals surface area contributed by atoms with Crippen molar-refractivity contribution in [2.75, 3.05) is 19.7 Å². The summed E-state index contributed by atoms with van der Waals surface area (Å²) < 4.78 is 24.9. The minimum atomic E-state index is -0.780. The number of aromatic amines is 1. The Morgan fingerprint density at radius 1 is 1.18 bits per heavy atom. The van der Waals surface area contributed by atoms with Crippen molar-refractivity contribution in [3.8, 4) is 16.9 Å². The molecule has 2 atom stereocenters. The van der Waals surface area contributed by atoms with E-state index in [1.54, 1.807) is 42.3 Å². The first-order chi connectivity index (χ1) is 18.2. The zero-order valence-corrected chi connectivity index (χ0v) is 22.1. The average molecular weight is 541 g/mol. The number of H-pyrrole nitrogens is 1. The highest BCUT2D eigenvalue weighted by molar-refractivity contribution is 6.33. The van der Waals surface area contributed by atoms with Crippen LogP contribution in [0.3, 0.4) is 0 Å². The van der Waals surface area contributed by atoms with Gasteiger partial charge in [0.15, 0.2) is 6.10 Å². The normalized spacial score (nSPS) is 19.2. The monoisotopic (exact) mass is 540 g/mol. The highest BCUT2D eigenvalue weighted by atomic mass is 35.5. The lowest BCUT2D eigenvalue weighted by molar-refractivity contribution is -0.155. The Balaban J connectivity index is 1.33. The number of likely N-dealkylation sites (tertiary alicyclic amines) is 1. The number of halogens is 2. The molecule has 38 heavy (non-hydrogen) atoms. The maximum Gasteiger partial charge on any atom is 0.312 e. The number of hydrogen-bond acceptors (Lipinski definition) is 5. The molecule has 2 aliphatic rings. The molecule has 2 heterocycles. The molecular formula is C29H30ClFN2O5. The first kappa shape index (κ1) is 26.2. The molecule has 0 spiro atoms. The molecule has 5 rings (SSSR count). The Morgan fingerprint density at radius 3 is 2.68 bits per heavy atom. The summed E-state index contributed by atoms with van der Waals surface area (Å²) in [4.78, 5) is 43.0. The molecule has 2 aromatic carbocycles. The summed E-state index contributed by atoms with van der Waals surface area (Å²) in [6, 6.07) is 9.13. The molecular weight excluding hydrogens is 511 g/mol. The van der Waals surface area contributed by atoms with Crippen LogP contribution in [-0.2, 0) is 14.3 Å². The third-order valence-corrected chi connectivity index (χ3v) is 8.05. The number of amides is 1. The molecule has 1 saturated carbocycles. The molecule has 1 amide bonds. The molecule has 9 heteroatoms. The first-order valence-electron chi connectivity index (χ1n) is 13.0. The van der Waals surface area contributed by atoms with Crippen LogP contribution in [0.1, 0.15) is 39.5 Å². The van der Waals surface area contributed by atoms with E-state index in [-0.39, 0.29) is 28.4 Å². The van der Waals surface area contributed by atoms with E-state index in [1.165, 1.54) is 12.1 Å². The van der Waals surface area contributed by atoms with Crippen molar-refractivity contribution in [1.82, 2.24) is 9.88 Å². The Hall–Kier alpha value is -3.39. The number of piperidine rings is 1. The summed E-state index contributed by atoms with van der Waals surface area (Å²) in [5.74, 6) is -0.288. The molecule has 1 saturated heterocycles. The van der Waals surface area contributed by atoms with Gasteiger partial charge in [0, 0.05) is 30.4 Å². The van der Waals surface area contributed by atoms with Gasteiger partial charge in [-0.25, -0.2) is 4.39 Å². The number of esters is 1. The van der Waals surface area contributed by atoms with Crippen LogP contribution >= 0.6 is 11.6 Å². The van der Waals surface area contributed by atoms with E-state index in [0.29, 0.717) is 47.3 Å². The number of fused-ring (bicyclic) bond motifs is 1. The first-order valence-corrected chi connectivity index (χ1v) is 13.3. The van der Waals surface area contributed by atoms with E-state index in [1.807, 2.05) is 6.92 Å². The second-order valence-electron chi connectivity index (χ2n) is 10.1. The molecule has 1 aliphatic heterocycles. The zero-order valence-electron chi connectivity index (χ0n) is 21.4. The molecule has 1 aromatic heterocycles. The lowest BCUT2D eigenvalue weighted by Gasteiger charge is -2.37. The fourth-order valence-corrected chi connectivity index (χ4v) is 5.84. The van der Waals surface area contributed by atoms with Crippen molar-refractivity contribution in [2.45, 2.75) is 45.6 Å². The standard InChI is InChI=1S/C29H30ClFN2O5/c1-3-37-28(36)29(10-11-29)18-5-4-12-33(16-18)27(35)17(2)38-20-7-9-21-23(14-20)26(34)32-15-24(21)22-8-6-19(31)13-25(22)30/h6-9,13-15,17-18H,3-5,10-12,16H2,1-2H3,(H,32,34)/t17-,18?/m1/s1. The van der Waals surface area contributed by atoms with Gasteiger partial charge in [-0.3, -0.25) is 14.4 Å². The van der Waals surface area contributed by atoms with E-state index in [9.17, 15) is 18.8 Å². The Kier molecular flexibility index (Phi) is 7.18. The van der Waals surface area contributed by atoms with Crippen LogP contribution in [0.5, 0.6) is 5.75 Å². The van der Waals surface area contributed by atoms with Crippen LogP contribution in [-0.4, -0.2) is 47.6 Å². The van der Waals surface area contributed by atoms with Crippen LogP contribution in [0.4, 0.5) is 4.39 Å². The van der Waals surface area contributed by atoms with Gasteiger partial charge in [-0.1, -0.05) is 11.6 Å². The minimum Gasteiger partial charge on any atom is -0.481 e. The summed E-state index contributed by atoms with van der Waals surface area (Å²) in [5, 5.41) is 1.22. The van der Waals surface area contributed by atoms with Crippen LogP contribution in [0.15, 0.2) is 47.4 Å². The van der Waals surface area contributed by atoms with E-state index < -0.39 is 17.3 Å². The number of rotatable bonds is 7. The Labute approximate surface area is 224 Å². The maximum absolute atomic E-state index is 13.6. The topological polar surface area (TPSA) is 88.7 Å². The number of carbonyl (C=O) groups excluding carboxylic acids is 2. The quantitative estimate of drug-likeness (QED) is 0.409. The fraction of sp³-hybridized carbons (Fsp3) is 0.414. The molecule has 0 bridgehead atoms. The lowest BCUT2D eigenvalue weighted by Crippen LogP contribution is -2.48. The third-order valence-electron chi connectivity index (χ3n) is 7.74. The molecule has 7 nitrogen and oxygen atoms in total. The SMILES string of the molecule is CCOC(=O)C1(C2CCCN(C(=O)[C@@H](C)Oc3ccc4c(-c5ccc(F)cc5Cl)c[nH]c(=O)c4c3)C2)CC1. The van der Waals surface area contributed by atoms with Crippen LogP contribution in [0, 0.1) is 17.2 Å². The van der Waals surface area contributed by atoms with Crippen molar-refractivity contribution in [3.63, 3.8) is 0 Å². The fourth-order valence-electron chi connectivity index (χ4n) is 5.57. The number of pyridine rings is 1. The van der Waals surface area contributed by atoms with Crippen LogP contribution in [0.2, 0.25) is 5.02 Å². The van der Waals surface area contributed by atoms with Gasteiger partial charge in [0.1, 0.15) is 11.6 Å². The summed E-state index contributed by atoms with van der Waals surface area (Å²) in [6.07, 6.45) is 4.10. The van der Waals surface area contributed by atoms with E-state index in [4.69, 9.17) is 21.1 Å². The van der Waals surface area contributed by atoms with Gasteiger partial charge < -0.3 is 19.4 Å². The molecule has 1 N–H and O–H groups in total. The Bertz CT molecular complexity index is 1450. The predicted molar refractivity (Wildman–Crippen MR) is 143 cm³/mol. The summed E-state index contributed by atoms with van der Waals surface area (Å²) in [5.41, 5.74) is 0.459. The number of hydrogen-bond donors (Lipinski definition) is 1. The van der Waals surface area contributed by atoms with Crippen molar-refractivity contribution in [2.24, 2.45) is 11.3 Å². The van der Waals surface area contributed by atoms with Crippen LogP contribution in [0.25, 0.3) is 21.9 Å². The number of nitrogens with zero attached hydrogens (tertiary/aromatic N) is 1. The highest BCUT2D eigenvalue weighted by Gasteiger charge is 2.57. The van der Waals surface area contributed by atoms with E-state index >= 15 is 0 Å². The molecule has 1 aliphatic carbocycles. The number of carbonyl (C=O) groups is 2. The number of nitrogens with one attached hydrogen (secondary N) is 1. The van der Waals surface area contributed by atoms with Gasteiger partial charge in [-0.15, -0.1) is 0 Å². The minimum absolute atomic E-state index is 0.0855. The molecule has 3 aromatic rings. The van der Waals surface area contributed by atoms with E-state index in [0.717, 1.165) is 25.7 Å². The van der Waals surface area contributed by atoms with Gasteiger partial charge in [0.25, 0.3) is 11.5 Å². The molecule has 200 valence electrons. The highest BCUT2D eigenvalue weighted by Crippen LogP contribution is 2.55. The van der Waals surface area contributed by atoms with Gasteiger partial charge >= 0.3 is 5.97 Å². The lowest BCUT2D eigenvalue weighted by atomic mass is 9.82. The van der Waals surface area contributed by atoms with Crippen molar-refractivity contribution in [3.05, 3.63) is 63.8 Å². The van der Waals surface area contributed by atoms with E-state index in [2.05, 4.69) is 4.98 Å². The smallest absolute Gasteiger partial charge is 0.312 e. The van der Waals surface area contributed by atoms with Crippen molar-refractivity contribution < 1.29 is 23.5 Å². The average Bonchev–Trinajstić information content (AvgIpc) is 3.72. The predicted octanol–water partition coefficient (Wildman–Crippen LogP) is 5.34. The second-order valence-corrected chi connectivity index (χ2v) is 10.5. The number of ether oxygens (including phenoxy) is 2. The zero-order chi connectivity index (χ0) is 27.0. The number of benzene rings is 2. The van der Waals surface area contributed by atoms with Gasteiger partial charge in [0.2, 0.25) is 0 Å². The van der Waals surface area contributed by atoms with Crippen molar-refractivity contribution in [1.29, 1.82) is 0 Å². The summed E-state index contributed by atoms with van der Waals surface area (Å²) in [7, 11) is 0. The second kappa shape index (κ2) is 10.4. The molecule has 1 unspecified atom stereocenters. The van der Waals surface area contributed by atoms with Gasteiger partial charge in [-0.05, 0) is 87.2 Å². The summed E-state index contributed by atoms with van der Waals surface area (Å²) >= 11 is 6.26. The van der Waals surface area contributed by atoms with Crippen molar-refractivity contribution >= 4 is 34.2 Å². The molecule has 0 radical (unpaired) electrons. The largest absolute Gasteiger partial charge is 0.481 e. The van der Waals surface area contributed by atoms with Gasteiger partial charge in [-0.2, -0.15) is 0 Å². The summed E-state index contributed by atoms with van der Waals surface area (Å²) in [6.45, 7) is 4.97. The molecule has 2 fully saturated rings.